The summed E-state index contributed by atoms with van der Waals surface area (Å²) in [6, 6.07) is 12.4. The van der Waals surface area contributed by atoms with E-state index >= 15 is 0 Å². The molecule has 0 aliphatic carbocycles. The van der Waals surface area contributed by atoms with E-state index < -0.39 is 0 Å². The third-order valence-corrected chi connectivity index (χ3v) is 3.78. The van der Waals surface area contributed by atoms with Gasteiger partial charge in [-0.1, -0.05) is 23.4 Å². The van der Waals surface area contributed by atoms with Crippen molar-refractivity contribution in [2.45, 2.75) is 26.4 Å². The molecule has 114 valence electrons. The van der Waals surface area contributed by atoms with Crippen LogP contribution in [-0.4, -0.2) is 23.2 Å². The summed E-state index contributed by atoms with van der Waals surface area (Å²) in [7, 11) is 2.05. The molecule has 1 aromatic carbocycles. The number of nitrogens with zero attached hydrogens (tertiary/aromatic N) is 3. The Morgan fingerprint density at radius 3 is 2.73 bits per heavy atom. The second-order valence-corrected chi connectivity index (χ2v) is 5.61. The van der Waals surface area contributed by atoms with Crippen molar-refractivity contribution in [1.29, 1.82) is 0 Å². The second-order valence-electron chi connectivity index (χ2n) is 5.61. The van der Waals surface area contributed by atoms with Gasteiger partial charge in [0.25, 0.3) is 0 Å². The average Bonchev–Trinajstić information content (AvgIpc) is 2.96. The van der Waals surface area contributed by atoms with Gasteiger partial charge in [0.2, 0.25) is 0 Å². The molecule has 2 aromatic heterocycles. The molecule has 3 rings (SSSR count). The Balaban J connectivity index is 1.69. The minimum atomic E-state index is 0.429. The highest BCUT2D eigenvalue weighted by Crippen LogP contribution is 2.22. The highest BCUT2D eigenvalue weighted by molar-refractivity contribution is 5.87. The third kappa shape index (κ3) is 2.88. The number of hydrogen-bond donors (Lipinski definition) is 1. The van der Waals surface area contributed by atoms with Crippen molar-refractivity contribution in [2.24, 2.45) is 0 Å². The van der Waals surface area contributed by atoms with E-state index in [2.05, 4.69) is 40.3 Å². The number of benzene rings is 1. The van der Waals surface area contributed by atoms with Gasteiger partial charge in [0.1, 0.15) is 5.82 Å². The quantitative estimate of drug-likeness (QED) is 0.778. The zero-order valence-corrected chi connectivity index (χ0v) is 13.1. The molecule has 0 aliphatic rings. The number of pyridine rings is 1. The zero-order chi connectivity index (χ0) is 15.5. The van der Waals surface area contributed by atoms with Crippen LogP contribution in [-0.2, 0) is 6.54 Å². The number of aromatic nitrogens is 2. The first-order valence-electron chi connectivity index (χ1n) is 7.41. The van der Waals surface area contributed by atoms with Crippen molar-refractivity contribution >= 4 is 22.6 Å². The molecule has 0 unspecified atom stereocenters. The predicted molar refractivity (Wildman–Crippen MR) is 89.1 cm³/mol. The van der Waals surface area contributed by atoms with E-state index in [1.165, 1.54) is 0 Å². The fourth-order valence-corrected chi connectivity index (χ4v) is 2.19. The first-order chi connectivity index (χ1) is 10.6. The fourth-order valence-electron chi connectivity index (χ4n) is 2.19. The number of para-hydroxylation sites is 1. The van der Waals surface area contributed by atoms with Gasteiger partial charge < -0.3 is 14.7 Å². The number of fused-ring (bicyclic) bond motifs is 1. The highest BCUT2D eigenvalue weighted by atomic mass is 16.5. The lowest BCUT2D eigenvalue weighted by atomic mass is 10.2. The lowest BCUT2D eigenvalue weighted by Gasteiger charge is -2.22. The first kappa shape index (κ1) is 14.4. The molecule has 0 saturated heterocycles. The minimum Gasteiger partial charge on any atom is -0.363 e. The number of anilines is 2. The van der Waals surface area contributed by atoms with Crippen LogP contribution in [0.1, 0.15) is 19.4 Å². The van der Waals surface area contributed by atoms with Crippen molar-refractivity contribution in [3.8, 4) is 0 Å². The summed E-state index contributed by atoms with van der Waals surface area (Å²) in [5, 5.41) is 8.35. The molecule has 5 heteroatoms. The van der Waals surface area contributed by atoms with Gasteiger partial charge >= 0.3 is 0 Å². The Morgan fingerprint density at radius 2 is 2.00 bits per heavy atom. The topological polar surface area (TPSA) is 54.2 Å². The largest absolute Gasteiger partial charge is 0.363 e. The third-order valence-electron chi connectivity index (χ3n) is 3.78. The summed E-state index contributed by atoms with van der Waals surface area (Å²) >= 11 is 0. The summed E-state index contributed by atoms with van der Waals surface area (Å²) in [4.78, 5) is 6.65. The van der Waals surface area contributed by atoms with Crippen LogP contribution in [0.4, 0.5) is 11.6 Å². The summed E-state index contributed by atoms with van der Waals surface area (Å²) in [6.07, 6.45) is 1.89. The second kappa shape index (κ2) is 6.05. The molecule has 0 atom stereocenters. The molecule has 5 nitrogen and oxygen atoms in total. The maximum absolute atomic E-state index is 5.28. The Kier molecular flexibility index (Phi) is 3.96. The van der Waals surface area contributed by atoms with Crippen LogP contribution in [0.2, 0.25) is 0 Å². The van der Waals surface area contributed by atoms with Crippen molar-refractivity contribution in [1.82, 2.24) is 10.1 Å². The first-order valence-corrected chi connectivity index (χ1v) is 7.41. The van der Waals surface area contributed by atoms with Crippen LogP contribution >= 0.6 is 0 Å². The van der Waals surface area contributed by atoms with Crippen molar-refractivity contribution in [3.05, 3.63) is 48.2 Å². The molecule has 0 saturated carbocycles. The van der Waals surface area contributed by atoms with Crippen LogP contribution in [0.15, 0.2) is 47.1 Å². The molecule has 0 bridgehead atoms. The standard InChI is InChI=1S/C17H20N4O/c1-12(2)21(3)16-9-8-13(10-18-16)11-19-17-14-6-4-5-7-15(14)22-20-17/h4-10,12H,11H2,1-3H3,(H,19,20). The van der Waals surface area contributed by atoms with Gasteiger partial charge in [-0.2, -0.15) is 0 Å². The van der Waals surface area contributed by atoms with Crippen molar-refractivity contribution in [3.63, 3.8) is 0 Å². The molecule has 0 fully saturated rings. The summed E-state index contributed by atoms with van der Waals surface area (Å²) in [5.74, 6) is 1.74. The van der Waals surface area contributed by atoms with E-state index in [1.807, 2.05) is 43.6 Å². The monoisotopic (exact) mass is 296 g/mol. The van der Waals surface area contributed by atoms with Gasteiger partial charge in [0.05, 0.1) is 5.39 Å². The molecule has 2 heterocycles. The van der Waals surface area contributed by atoms with E-state index in [9.17, 15) is 0 Å². The normalized spacial score (nSPS) is 11.1. The Hall–Kier alpha value is -2.56. The van der Waals surface area contributed by atoms with Crippen LogP contribution in [0.25, 0.3) is 11.0 Å². The number of hydrogen-bond acceptors (Lipinski definition) is 5. The predicted octanol–water partition coefficient (Wildman–Crippen LogP) is 3.68. The van der Waals surface area contributed by atoms with Crippen LogP contribution in [0.3, 0.4) is 0 Å². The molecule has 0 spiro atoms. The smallest absolute Gasteiger partial charge is 0.177 e. The molecule has 1 N–H and O–H groups in total. The minimum absolute atomic E-state index is 0.429. The van der Waals surface area contributed by atoms with Crippen molar-refractivity contribution in [2.75, 3.05) is 17.3 Å². The maximum atomic E-state index is 5.28. The molecule has 0 amide bonds. The van der Waals surface area contributed by atoms with Gasteiger partial charge in [-0.3, -0.25) is 0 Å². The molecular weight excluding hydrogens is 276 g/mol. The van der Waals surface area contributed by atoms with Crippen LogP contribution < -0.4 is 10.2 Å². The lowest BCUT2D eigenvalue weighted by molar-refractivity contribution is 0.459. The summed E-state index contributed by atoms with van der Waals surface area (Å²) in [6.45, 7) is 4.95. The van der Waals surface area contributed by atoms with E-state index in [4.69, 9.17) is 4.52 Å². The van der Waals surface area contributed by atoms with Gasteiger partial charge in [0.15, 0.2) is 11.4 Å². The Morgan fingerprint density at radius 1 is 1.18 bits per heavy atom. The Labute approximate surface area is 129 Å². The Bertz CT molecular complexity index is 749. The van der Waals surface area contributed by atoms with Crippen molar-refractivity contribution < 1.29 is 4.52 Å². The van der Waals surface area contributed by atoms with Gasteiger partial charge in [0, 0.05) is 25.8 Å². The lowest BCUT2D eigenvalue weighted by Crippen LogP contribution is -2.26. The van der Waals surface area contributed by atoms with Crippen LogP contribution in [0, 0.1) is 0 Å². The maximum Gasteiger partial charge on any atom is 0.177 e. The van der Waals surface area contributed by atoms with E-state index in [1.54, 1.807) is 0 Å². The molecule has 0 aliphatic heterocycles. The van der Waals surface area contributed by atoms with Gasteiger partial charge in [-0.25, -0.2) is 4.98 Å². The number of rotatable bonds is 5. The van der Waals surface area contributed by atoms with Crippen LogP contribution in [0.5, 0.6) is 0 Å². The van der Waals surface area contributed by atoms with Gasteiger partial charge in [-0.15, -0.1) is 0 Å². The van der Waals surface area contributed by atoms with E-state index in [-0.39, 0.29) is 0 Å². The molecule has 22 heavy (non-hydrogen) atoms. The number of nitrogens with one attached hydrogen (secondary N) is 1. The van der Waals surface area contributed by atoms with Gasteiger partial charge in [-0.05, 0) is 37.6 Å². The van der Waals surface area contributed by atoms with E-state index in [0.717, 1.165) is 28.2 Å². The molecular formula is C17H20N4O. The summed E-state index contributed by atoms with van der Waals surface area (Å²) in [5.41, 5.74) is 1.89. The SMILES string of the molecule is CC(C)N(C)c1ccc(CNc2noc3ccccc23)cn1. The molecule has 0 radical (unpaired) electrons. The summed E-state index contributed by atoms with van der Waals surface area (Å²) < 4.78 is 5.28. The molecule has 3 aromatic rings. The zero-order valence-electron chi connectivity index (χ0n) is 13.1. The highest BCUT2D eigenvalue weighted by Gasteiger charge is 2.08. The fraction of sp³-hybridized carbons (Fsp3) is 0.294. The van der Waals surface area contributed by atoms with E-state index in [0.29, 0.717) is 12.6 Å². The average molecular weight is 296 g/mol.